The van der Waals surface area contributed by atoms with Gasteiger partial charge in [-0.05, 0) is 125 Å². The van der Waals surface area contributed by atoms with E-state index in [4.69, 9.17) is 0 Å². The van der Waals surface area contributed by atoms with E-state index in [-0.39, 0.29) is 0 Å². The first-order chi connectivity index (χ1) is 28.3. The first-order valence-corrected chi connectivity index (χ1v) is 19.4. The second-order valence-electron chi connectivity index (χ2n) is 14.8. The van der Waals surface area contributed by atoms with Crippen molar-refractivity contribution in [2.45, 2.75) is 0 Å². The molecule has 12 aromatic rings. The van der Waals surface area contributed by atoms with Crippen molar-refractivity contribution < 1.29 is 0 Å². The first-order valence-electron chi connectivity index (χ1n) is 19.4. The van der Waals surface area contributed by atoms with Gasteiger partial charge in [-0.2, -0.15) is 0 Å². The highest BCUT2D eigenvalue weighted by Gasteiger charge is 2.21. The van der Waals surface area contributed by atoms with E-state index >= 15 is 0 Å². The van der Waals surface area contributed by atoms with E-state index in [0.717, 1.165) is 28.2 Å². The molecule has 3 aromatic heterocycles. The molecule has 3 heterocycles. The van der Waals surface area contributed by atoms with Gasteiger partial charge in [0.25, 0.3) is 0 Å². The van der Waals surface area contributed by atoms with Crippen LogP contribution in [0.2, 0.25) is 0 Å². The van der Waals surface area contributed by atoms with Crippen LogP contribution in [0.25, 0.3) is 105 Å². The summed E-state index contributed by atoms with van der Waals surface area (Å²) >= 11 is 0. The van der Waals surface area contributed by atoms with Gasteiger partial charge < -0.3 is 13.7 Å². The number of benzene rings is 8. The summed E-state index contributed by atoms with van der Waals surface area (Å²) in [5.41, 5.74) is 15.3. The third-order valence-corrected chi connectivity index (χ3v) is 11.7. The van der Waals surface area contributed by atoms with Crippen LogP contribution in [0.1, 0.15) is 0 Å². The molecule has 3 heteroatoms. The number of hydrogen-bond donors (Lipinski definition) is 0. The Labute approximate surface area is 329 Å². The molecule has 12 rings (SSSR count). The normalized spacial score (nSPS) is 11.7. The van der Waals surface area contributed by atoms with Crippen molar-refractivity contribution in [1.82, 2.24) is 13.7 Å². The number of rotatable bonds is 5. The van der Waals surface area contributed by atoms with Gasteiger partial charge in [-0.1, -0.05) is 109 Å². The molecule has 0 saturated carbocycles. The second kappa shape index (κ2) is 12.4. The standard InChI is InChI=1S/C54H33N3/c1-4-14-36(15-5-1)37-24-28-42(29-25-37)57-50-31-27-39(38-26-30-49-45(34-38)43-20-10-12-22-47(43)55(49)40-16-6-2-7-17-40)35-46(50)54-52(57)33-32-51-53(54)44-21-11-13-23-48(44)56(51)41-18-8-3-9-19-41/h2-4,6-35H. The van der Waals surface area contributed by atoms with Gasteiger partial charge in [-0.15, -0.1) is 0 Å². The van der Waals surface area contributed by atoms with Gasteiger partial charge in [-0.3, -0.25) is 0 Å². The SMILES string of the molecule is c1ccc(-c2ccc(-n3c4ccc(-c5ccc6c(c5)c5ccccc5n6-c5ccccc5)cc4c4c5c6ccccc6n(-c6ccccc6)c5ccc43)cc2)cc#1. The molecule has 57 heavy (non-hydrogen) atoms. The number of nitrogens with zero attached hydrogens (tertiary/aromatic N) is 3. The summed E-state index contributed by atoms with van der Waals surface area (Å²) in [4.78, 5) is 0. The lowest BCUT2D eigenvalue weighted by Gasteiger charge is -2.10. The Morgan fingerprint density at radius 3 is 1.37 bits per heavy atom. The Hall–Kier alpha value is -7.80. The zero-order valence-corrected chi connectivity index (χ0v) is 30.9. The van der Waals surface area contributed by atoms with Crippen LogP contribution >= 0.6 is 0 Å². The van der Waals surface area contributed by atoms with Crippen molar-refractivity contribution >= 4 is 65.4 Å². The first kappa shape index (κ1) is 31.5. The maximum absolute atomic E-state index is 3.11. The summed E-state index contributed by atoms with van der Waals surface area (Å²) in [6.45, 7) is 0. The van der Waals surface area contributed by atoms with Gasteiger partial charge in [0.1, 0.15) is 0 Å². The predicted molar refractivity (Wildman–Crippen MR) is 238 cm³/mol. The van der Waals surface area contributed by atoms with E-state index < -0.39 is 0 Å². The molecule has 0 aliphatic rings. The Kier molecular flexibility index (Phi) is 6.84. The minimum absolute atomic E-state index is 1.12. The van der Waals surface area contributed by atoms with Gasteiger partial charge in [0.05, 0.1) is 33.1 Å². The molecular formula is C54H33N3. The molecular weight excluding hydrogens is 691 g/mol. The number of hydrogen-bond acceptors (Lipinski definition) is 0. The average molecular weight is 724 g/mol. The van der Waals surface area contributed by atoms with Crippen LogP contribution in [-0.2, 0) is 0 Å². The summed E-state index contributed by atoms with van der Waals surface area (Å²) in [6, 6.07) is 78.7. The molecule has 0 aliphatic carbocycles. The summed E-state index contributed by atoms with van der Waals surface area (Å²) in [5.74, 6) is 0. The van der Waals surface area contributed by atoms with Crippen LogP contribution < -0.4 is 0 Å². The van der Waals surface area contributed by atoms with Crippen LogP contribution in [0, 0.1) is 12.1 Å². The van der Waals surface area contributed by atoms with E-state index in [9.17, 15) is 0 Å². The van der Waals surface area contributed by atoms with Crippen molar-refractivity contribution in [1.29, 1.82) is 0 Å². The highest BCUT2D eigenvalue weighted by molar-refractivity contribution is 6.29. The van der Waals surface area contributed by atoms with Crippen LogP contribution in [0.5, 0.6) is 0 Å². The predicted octanol–water partition coefficient (Wildman–Crippen LogP) is 13.9. The Morgan fingerprint density at radius 1 is 0.281 bits per heavy atom. The molecule has 264 valence electrons. The number of aromatic nitrogens is 3. The van der Waals surface area contributed by atoms with Gasteiger partial charge in [0.2, 0.25) is 0 Å². The molecule has 0 fully saturated rings. The quantitative estimate of drug-likeness (QED) is 0.168. The van der Waals surface area contributed by atoms with E-state index in [1.165, 1.54) is 76.5 Å². The molecule has 0 saturated heterocycles. The molecule has 0 aliphatic heterocycles. The Bertz CT molecular complexity index is 3480. The number of para-hydroxylation sites is 4. The van der Waals surface area contributed by atoms with Crippen molar-refractivity contribution in [2.24, 2.45) is 0 Å². The Balaban J connectivity index is 1.14. The smallest absolute Gasteiger partial charge is 0.0548 e. The summed E-state index contributed by atoms with van der Waals surface area (Å²) < 4.78 is 7.23. The zero-order chi connectivity index (χ0) is 37.5. The van der Waals surface area contributed by atoms with E-state index in [2.05, 4.69) is 214 Å². The molecule has 0 N–H and O–H groups in total. The monoisotopic (exact) mass is 723 g/mol. The highest BCUT2D eigenvalue weighted by Crippen LogP contribution is 2.44. The fraction of sp³-hybridized carbons (Fsp3) is 0. The third kappa shape index (κ3) is 4.75. The lowest BCUT2D eigenvalue weighted by atomic mass is 9.99. The zero-order valence-electron chi connectivity index (χ0n) is 30.9. The van der Waals surface area contributed by atoms with E-state index in [1.807, 2.05) is 12.1 Å². The second-order valence-corrected chi connectivity index (χ2v) is 14.8. The van der Waals surface area contributed by atoms with Gasteiger partial charge >= 0.3 is 0 Å². The van der Waals surface area contributed by atoms with Crippen molar-refractivity contribution in [2.75, 3.05) is 0 Å². The van der Waals surface area contributed by atoms with Crippen molar-refractivity contribution in [3.05, 3.63) is 212 Å². The lowest BCUT2D eigenvalue weighted by Crippen LogP contribution is -1.95. The highest BCUT2D eigenvalue weighted by atomic mass is 15.0. The van der Waals surface area contributed by atoms with Gasteiger partial charge in [0, 0.05) is 49.4 Å². The molecule has 3 nitrogen and oxygen atoms in total. The molecule has 0 amide bonds. The number of fused-ring (bicyclic) bond motifs is 10. The fourth-order valence-corrected chi connectivity index (χ4v) is 9.22. The third-order valence-electron chi connectivity index (χ3n) is 11.7. The van der Waals surface area contributed by atoms with Crippen LogP contribution in [0.15, 0.2) is 200 Å². The van der Waals surface area contributed by atoms with Gasteiger partial charge in [-0.25, -0.2) is 0 Å². The molecule has 0 atom stereocenters. The topological polar surface area (TPSA) is 14.8 Å². The summed E-state index contributed by atoms with van der Waals surface area (Å²) in [5, 5.41) is 7.50. The summed E-state index contributed by atoms with van der Waals surface area (Å²) in [7, 11) is 0. The maximum atomic E-state index is 3.11. The van der Waals surface area contributed by atoms with E-state index in [1.54, 1.807) is 0 Å². The fourth-order valence-electron chi connectivity index (χ4n) is 9.22. The van der Waals surface area contributed by atoms with Crippen LogP contribution in [0.4, 0.5) is 0 Å². The molecule has 0 spiro atoms. The Morgan fingerprint density at radius 2 is 0.737 bits per heavy atom. The van der Waals surface area contributed by atoms with Crippen LogP contribution in [-0.4, -0.2) is 13.7 Å². The molecule has 0 unspecified atom stereocenters. The molecule has 0 bridgehead atoms. The summed E-state index contributed by atoms with van der Waals surface area (Å²) in [6.07, 6.45) is 0. The van der Waals surface area contributed by atoms with E-state index in [0.29, 0.717) is 0 Å². The average Bonchev–Trinajstić information content (AvgIpc) is 3.92. The molecule has 9 aromatic carbocycles. The largest absolute Gasteiger partial charge is 0.309 e. The lowest BCUT2D eigenvalue weighted by molar-refractivity contribution is 1.17. The minimum Gasteiger partial charge on any atom is -0.309 e. The maximum Gasteiger partial charge on any atom is 0.0548 e. The molecule has 0 radical (unpaired) electrons. The van der Waals surface area contributed by atoms with Gasteiger partial charge in [0.15, 0.2) is 0 Å². The van der Waals surface area contributed by atoms with Crippen molar-refractivity contribution in [3.63, 3.8) is 0 Å². The van der Waals surface area contributed by atoms with Crippen molar-refractivity contribution in [3.8, 4) is 39.3 Å². The van der Waals surface area contributed by atoms with Crippen LogP contribution in [0.3, 0.4) is 0 Å². The minimum atomic E-state index is 1.12.